The Balaban J connectivity index is 6.43. The fourth-order valence-corrected chi connectivity index (χ4v) is 7.82. The van der Waals surface area contributed by atoms with Crippen molar-refractivity contribution in [1.82, 2.24) is 0 Å². The van der Waals surface area contributed by atoms with Crippen molar-refractivity contribution in [3.8, 4) is 0 Å². The first-order valence-corrected chi connectivity index (χ1v) is 23.0. The maximum atomic E-state index is 12.7. The highest BCUT2D eigenvalue weighted by Gasteiger charge is 2.36. The largest absolute Gasteiger partial charge is 0.454 e. The third kappa shape index (κ3) is 24.4. The molecule has 0 rings (SSSR count). The first-order valence-electron chi connectivity index (χ1n) is 23.0. The van der Waals surface area contributed by atoms with Crippen LogP contribution in [-0.2, 0) is 38.0 Å². The highest BCUT2D eigenvalue weighted by Crippen LogP contribution is 2.38. The number of rotatable bonds is 34. The minimum atomic E-state index is -0.706. The second-order valence-corrected chi connectivity index (χ2v) is 22.3. The van der Waals surface area contributed by atoms with Crippen molar-refractivity contribution in [3.63, 3.8) is 0 Å². The Labute approximate surface area is 360 Å². The number of esters is 1. The minimum Gasteiger partial charge on any atom is -0.454 e. The number of carbonyl (C=O) groups is 1. The third-order valence-electron chi connectivity index (χ3n) is 12.9. The second kappa shape index (κ2) is 24.6. The number of hydrogen-bond donors (Lipinski definition) is 0. The van der Waals surface area contributed by atoms with E-state index in [9.17, 15) is 4.79 Å². The van der Waals surface area contributed by atoms with Gasteiger partial charge in [-0.1, -0.05) is 129 Å². The van der Waals surface area contributed by atoms with E-state index in [1.807, 2.05) is 0 Å². The summed E-state index contributed by atoms with van der Waals surface area (Å²) >= 11 is 0. The van der Waals surface area contributed by atoms with Crippen molar-refractivity contribution in [2.45, 2.75) is 243 Å². The van der Waals surface area contributed by atoms with E-state index < -0.39 is 24.3 Å². The second-order valence-electron chi connectivity index (χ2n) is 22.3. The van der Waals surface area contributed by atoms with Crippen molar-refractivity contribution in [3.05, 3.63) is 12.7 Å². The van der Waals surface area contributed by atoms with Crippen LogP contribution in [0.4, 0.5) is 0 Å². The van der Waals surface area contributed by atoms with Gasteiger partial charge in [-0.3, -0.25) is 0 Å². The molecule has 0 N–H and O–H groups in total. The lowest BCUT2D eigenvalue weighted by Crippen LogP contribution is -2.42. The van der Waals surface area contributed by atoms with Crippen LogP contribution in [0.2, 0.25) is 0 Å². The van der Waals surface area contributed by atoms with Crippen molar-refractivity contribution in [1.29, 1.82) is 0 Å². The Hall–Kier alpha value is -1.03. The molecule has 0 saturated heterocycles. The van der Waals surface area contributed by atoms with Gasteiger partial charge in [-0.05, 0) is 102 Å². The predicted octanol–water partition coefficient (Wildman–Crippen LogP) is 13.1. The van der Waals surface area contributed by atoms with Crippen LogP contribution in [0.1, 0.15) is 203 Å². The van der Waals surface area contributed by atoms with Crippen molar-refractivity contribution < 1.29 is 38.0 Å². The normalized spacial score (nSPS) is 17.3. The predicted molar refractivity (Wildman–Crippen MR) is 244 cm³/mol. The highest BCUT2D eigenvalue weighted by atomic mass is 16.6. The maximum absolute atomic E-state index is 12.7. The summed E-state index contributed by atoms with van der Waals surface area (Å²) in [5.74, 6) is -0.531. The van der Waals surface area contributed by atoms with E-state index >= 15 is 0 Å². The van der Waals surface area contributed by atoms with E-state index in [4.69, 9.17) is 33.2 Å². The summed E-state index contributed by atoms with van der Waals surface area (Å²) in [6.07, 6.45) is 9.32. The average Bonchev–Trinajstić information content (AvgIpc) is 3.12. The molecule has 4 unspecified atom stereocenters. The van der Waals surface area contributed by atoms with E-state index in [-0.39, 0.29) is 57.3 Å². The van der Waals surface area contributed by atoms with Gasteiger partial charge < -0.3 is 33.2 Å². The first kappa shape index (κ1) is 57.0. The van der Waals surface area contributed by atoms with Crippen LogP contribution in [0.5, 0.6) is 0 Å². The molecule has 0 radical (unpaired) electrons. The third-order valence-corrected chi connectivity index (χ3v) is 12.9. The lowest BCUT2D eigenvalue weighted by atomic mass is 9.78. The molecule has 0 aliphatic carbocycles. The molecule has 8 heteroatoms. The number of carbonyl (C=O) groups excluding carboxylic acids is 1. The Morgan fingerprint density at radius 1 is 0.431 bits per heavy atom. The fourth-order valence-electron chi connectivity index (χ4n) is 7.82. The number of ether oxygens (including phenoxy) is 7. The van der Waals surface area contributed by atoms with Crippen LogP contribution in [0.25, 0.3) is 0 Å². The summed E-state index contributed by atoms with van der Waals surface area (Å²) in [5.41, 5.74) is -0.852. The van der Waals surface area contributed by atoms with Gasteiger partial charge in [0.15, 0.2) is 0 Å². The molecule has 0 saturated carbocycles. The Morgan fingerprint density at radius 3 is 1.00 bits per heavy atom. The van der Waals surface area contributed by atoms with Gasteiger partial charge in [0, 0.05) is 6.08 Å². The molecule has 0 aromatic heterocycles. The average molecular weight is 827 g/mol. The van der Waals surface area contributed by atoms with Crippen LogP contribution < -0.4 is 0 Å². The quantitative estimate of drug-likeness (QED) is 0.0469. The molecule has 0 aromatic rings. The zero-order valence-corrected chi connectivity index (χ0v) is 42.1. The molecule has 0 amide bonds. The summed E-state index contributed by atoms with van der Waals surface area (Å²) in [4.78, 5) is 12.7. The van der Waals surface area contributed by atoms with Crippen LogP contribution >= 0.6 is 0 Å². The molecule has 4 atom stereocenters. The summed E-state index contributed by atoms with van der Waals surface area (Å²) in [7, 11) is 0. The molecular formula is C50H98O8. The van der Waals surface area contributed by atoms with E-state index in [1.54, 1.807) is 0 Å². The van der Waals surface area contributed by atoms with E-state index in [0.717, 1.165) is 64.2 Å². The Kier molecular flexibility index (Phi) is 24.1. The van der Waals surface area contributed by atoms with E-state index in [1.165, 1.54) is 6.08 Å². The fraction of sp³-hybridized carbons (Fsp3) is 0.940. The zero-order chi connectivity index (χ0) is 45.3. The SMILES string of the molecule is C=CC(=O)OC(COC(COC(C)(C)CC(C)(C)CC)COC(C)(CC)CC(C)(C)CC)COC(COC(C)(C)CC(C)(C)CC)COC(C)(CC)CC(C)(C)CC. The van der Waals surface area contributed by atoms with Gasteiger partial charge in [0.1, 0.15) is 18.3 Å². The monoisotopic (exact) mass is 827 g/mol. The van der Waals surface area contributed by atoms with Crippen LogP contribution in [0, 0.1) is 21.7 Å². The smallest absolute Gasteiger partial charge is 0.330 e. The van der Waals surface area contributed by atoms with Crippen LogP contribution in [0.15, 0.2) is 12.7 Å². The van der Waals surface area contributed by atoms with Crippen molar-refractivity contribution in [2.75, 3.05) is 39.6 Å². The van der Waals surface area contributed by atoms with Gasteiger partial charge in [0.05, 0.1) is 62.0 Å². The van der Waals surface area contributed by atoms with Gasteiger partial charge in [0.2, 0.25) is 0 Å². The first-order chi connectivity index (χ1) is 26.4. The molecular weight excluding hydrogens is 729 g/mol. The molecule has 0 bridgehead atoms. The van der Waals surface area contributed by atoms with E-state index in [0.29, 0.717) is 26.4 Å². The molecule has 0 aliphatic rings. The van der Waals surface area contributed by atoms with Crippen LogP contribution in [0.3, 0.4) is 0 Å². The number of hydrogen-bond acceptors (Lipinski definition) is 8. The Bertz CT molecular complexity index is 1080. The standard InChI is InChI=1S/C50H98O8/c1-22-42(51)58-41(29-52-39(31-54-47(16,17)35-43(8,9)23-2)33-56-49(20,27-6)37-45(12,13)25-4)30-53-40(32-55-48(18,19)36-44(10,11)24-3)34-57-50(21,28-7)38-46(14,15)26-5/h22,39-41H,1,23-38H2,2-21H3. The molecule has 8 nitrogen and oxygen atoms in total. The molecule has 0 spiro atoms. The van der Waals surface area contributed by atoms with Crippen molar-refractivity contribution >= 4 is 5.97 Å². The summed E-state index contributed by atoms with van der Waals surface area (Å²) in [5, 5.41) is 0. The molecule has 0 heterocycles. The van der Waals surface area contributed by atoms with Gasteiger partial charge in [-0.15, -0.1) is 0 Å². The van der Waals surface area contributed by atoms with Crippen LogP contribution in [-0.4, -0.2) is 86.3 Å². The summed E-state index contributed by atoms with van der Waals surface area (Å²) in [6, 6.07) is 0. The van der Waals surface area contributed by atoms with Gasteiger partial charge in [-0.2, -0.15) is 0 Å². The molecule has 58 heavy (non-hydrogen) atoms. The molecule has 0 aromatic carbocycles. The van der Waals surface area contributed by atoms with Gasteiger partial charge in [-0.25, -0.2) is 4.79 Å². The summed E-state index contributed by atoms with van der Waals surface area (Å²) in [6.45, 7) is 49.7. The molecule has 0 aliphatic heterocycles. The maximum Gasteiger partial charge on any atom is 0.330 e. The molecule has 346 valence electrons. The topological polar surface area (TPSA) is 81.7 Å². The lowest BCUT2D eigenvalue weighted by Gasteiger charge is -2.39. The molecule has 0 fully saturated rings. The summed E-state index contributed by atoms with van der Waals surface area (Å²) < 4.78 is 45.8. The van der Waals surface area contributed by atoms with Crippen molar-refractivity contribution in [2.24, 2.45) is 21.7 Å². The minimum absolute atomic E-state index is 0.100. The highest BCUT2D eigenvalue weighted by molar-refractivity contribution is 5.81. The van der Waals surface area contributed by atoms with Gasteiger partial charge in [0.25, 0.3) is 0 Å². The Morgan fingerprint density at radius 2 is 0.724 bits per heavy atom. The zero-order valence-electron chi connectivity index (χ0n) is 42.1. The lowest BCUT2D eigenvalue weighted by molar-refractivity contribution is -0.177. The van der Waals surface area contributed by atoms with Gasteiger partial charge >= 0.3 is 5.97 Å². The van der Waals surface area contributed by atoms with E-state index in [2.05, 4.69) is 145 Å².